The second-order valence-corrected chi connectivity index (χ2v) is 5.26. The van der Waals surface area contributed by atoms with Gasteiger partial charge in [0.1, 0.15) is 5.82 Å². The molecular weight excluding hydrogens is 351 g/mol. The zero-order valence-corrected chi connectivity index (χ0v) is 12.3. The molecule has 2 aromatic carbocycles. The number of hydrogen-bond donors (Lipinski definition) is 3. The minimum absolute atomic E-state index is 0.121. The van der Waals surface area contributed by atoms with E-state index in [4.69, 9.17) is 22.4 Å². The maximum atomic E-state index is 13.6. The highest BCUT2D eigenvalue weighted by Gasteiger charge is 2.14. The highest BCUT2D eigenvalue weighted by molar-refractivity contribution is 9.10. The number of hydrogen-bond acceptors (Lipinski definition) is 3. The molecule has 0 aliphatic carbocycles. The topological polar surface area (TPSA) is 75.4 Å². The maximum Gasteiger partial charge on any atom is 0.338 e. The first kappa shape index (κ1) is 14.6. The van der Waals surface area contributed by atoms with Gasteiger partial charge < -0.3 is 16.2 Å². The number of aromatic carboxylic acids is 1. The lowest BCUT2D eigenvalue weighted by molar-refractivity contribution is 0.0692. The van der Waals surface area contributed by atoms with Crippen LogP contribution in [-0.2, 0) is 0 Å². The Morgan fingerprint density at radius 2 is 2.00 bits per heavy atom. The second kappa shape index (κ2) is 5.68. The first-order chi connectivity index (χ1) is 9.38. The van der Waals surface area contributed by atoms with Crippen LogP contribution < -0.4 is 11.1 Å². The molecule has 4 N–H and O–H groups in total. The molecule has 0 aliphatic rings. The predicted molar refractivity (Wildman–Crippen MR) is 80.2 cm³/mol. The fourth-order valence-electron chi connectivity index (χ4n) is 1.60. The van der Waals surface area contributed by atoms with Crippen molar-refractivity contribution in [2.45, 2.75) is 0 Å². The first-order valence-electron chi connectivity index (χ1n) is 5.43. The van der Waals surface area contributed by atoms with E-state index in [9.17, 15) is 9.18 Å². The van der Waals surface area contributed by atoms with Crippen molar-refractivity contribution >= 4 is 50.6 Å². The fraction of sp³-hybridized carbons (Fsp3) is 0. The van der Waals surface area contributed by atoms with E-state index < -0.39 is 17.3 Å². The van der Waals surface area contributed by atoms with Crippen molar-refractivity contribution in [2.75, 3.05) is 11.1 Å². The van der Waals surface area contributed by atoms with Crippen molar-refractivity contribution in [1.82, 2.24) is 0 Å². The van der Waals surface area contributed by atoms with Crippen LogP contribution in [0.1, 0.15) is 10.4 Å². The Balaban J connectivity index is 2.42. The summed E-state index contributed by atoms with van der Waals surface area (Å²) in [7, 11) is 0. The second-order valence-electron chi connectivity index (χ2n) is 3.97. The molecule has 0 aromatic heterocycles. The number of rotatable bonds is 3. The van der Waals surface area contributed by atoms with E-state index >= 15 is 0 Å². The Hall–Kier alpha value is -1.79. The van der Waals surface area contributed by atoms with Gasteiger partial charge >= 0.3 is 5.97 Å². The van der Waals surface area contributed by atoms with Crippen molar-refractivity contribution in [3.63, 3.8) is 0 Å². The van der Waals surface area contributed by atoms with E-state index in [1.807, 2.05) is 0 Å². The molecule has 0 spiro atoms. The van der Waals surface area contributed by atoms with Crippen molar-refractivity contribution in [2.24, 2.45) is 0 Å². The molecule has 0 saturated heterocycles. The van der Waals surface area contributed by atoms with E-state index in [2.05, 4.69) is 21.2 Å². The molecule has 2 rings (SSSR count). The van der Waals surface area contributed by atoms with E-state index in [1.54, 1.807) is 18.2 Å². The standard InChI is InChI=1S/C13H9BrClFN2O2/c14-8-2-1-6(15)3-11(8)18-12-5-9(16)7(13(19)20)4-10(12)17/h1-5,18H,17H2,(H,19,20). The van der Waals surface area contributed by atoms with E-state index in [1.165, 1.54) is 0 Å². The van der Waals surface area contributed by atoms with Gasteiger partial charge in [-0.1, -0.05) is 11.6 Å². The SMILES string of the molecule is Nc1cc(C(=O)O)c(F)cc1Nc1cc(Cl)ccc1Br. The summed E-state index contributed by atoms with van der Waals surface area (Å²) in [6.07, 6.45) is 0. The molecule has 0 bridgehead atoms. The molecular formula is C13H9BrClFN2O2. The number of benzene rings is 2. The Morgan fingerprint density at radius 3 is 2.65 bits per heavy atom. The lowest BCUT2D eigenvalue weighted by atomic mass is 10.1. The molecule has 0 amide bonds. The largest absolute Gasteiger partial charge is 0.478 e. The molecule has 0 aliphatic heterocycles. The molecule has 7 heteroatoms. The average molecular weight is 360 g/mol. The zero-order chi connectivity index (χ0) is 14.9. The Labute approximate surface area is 127 Å². The summed E-state index contributed by atoms with van der Waals surface area (Å²) in [6.45, 7) is 0. The highest BCUT2D eigenvalue weighted by atomic mass is 79.9. The molecule has 4 nitrogen and oxygen atoms in total. The first-order valence-corrected chi connectivity index (χ1v) is 6.60. The van der Waals surface area contributed by atoms with Crippen LogP contribution in [0.4, 0.5) is 21.5 Å². The molecule has 0 heterocycles. The number of carboxylic acids is 1. The van der Waals surface area contributed by atoms with Crippen molar-refractivity contribution in [3.8, 4) is 0 Å². The minimum atomic E-state index is -1.37. The van der Waals surface area contributed by atoms with Crippen LogP contribution in [0.2, 0.25) is 5.02 Å². The summed E-state index contributed by atoms with van der Waals surface area (Å²) in [4.78, 5) is 10.8. The third-order valence-corrected chi connectivity index (χ3v) is 3.49. The minimum Gasteiger partial charge on any atom is -0.478 e. The quantitative estimate of drug-likeness (QED) is 0.716. The monoisotopic (exact) mass is 358 g/mol. The van der Waals surface area contributed by atoms with Crippen LogP contribution in [0.5, 0.6) is 0 Å². The Bertz CT molecular complexity index is 694. The summed E-state index contributed by atoms with van der Waals surface area (Å²) < 4.78 is 14.4. The maximum absolute atomic E-state index is 13.6. The Kier molecular flexibility index (Phi) is 4.15. The van der Waals surface area contributed by atoms with Gasteiger partial charge in [-0.15, -0.1) is 0 Å². The van der Waals surface area contributed by atoms with Crippen LogP contribution >= 0.6 is 27.5 Å². The molecule has 2 aromatic rings. The number of halogens is 3. The zero-order valence-electron chi connectivity index (χ0n) is 9.95. The van der Waals surface area contributed by atoms with Crippen molar-refractivity contribution in [1.29, 1.82) is 0 Å². The van der Waals surface area contributed by atoms with E-state index in [0.717, 1.165) is 12.1 Å². The van der Waals surface area contributed by atoms with E-state index in [-0.39, 0.29) is 11.4 Å². The van der Waals surface area contributed by atoms with Crippen LogP contribution in [0.15, 0.2) is 34.8 Å². The molecule has 0 unspecified atom stereocenters. The molecule has 0 atom stereocenters. The summed E-state index contributed by atoms with van der Waals surface area (Å²) in [5.41, 5.74) is 6.22. The van der Waals surface area contributed by atoms with Gasteiger partial charge in [-0.2, -0.15) is 0 Å². The molecule has 104 valence electrons. The molecule has 0 fully saturated rings. The number of carboxylic acid groups (broad SMARTS) is 1. The van der Waals surface area contributed by atoms with Gasteiger partial charge in [0.05, 0.1) is 22.6 Å². The average Bonchev–Trinajstić information content (AvgIpc) is 2.37. The van der Waals surface area contributed by atoms with Gasteiger partial charge in [0.2, 0.25) is 0 Å². The summed E-state index contributed by atoms with van der Waals surface area (Å²) >= 11 is 9.20. The van der Waals surface area contributed by atoms with Gasteiger partial charge in [-0.25, -0.2) is 9.18 Å². The van der Waals surface area contributed by atoms with Gasteiger partial charge in [0.15, 0.2) is 0 Å². The summed E-state index contributed by atoms with van der Waals surface area (Å²) in [5, 5.41) is 12.2. The Morgan fingerprint density at radius 1 is 1.30 bits per heavy atom. The van der Waals surface area contributed by atoms with Crippen LogP contribution in [0.3, 0.4) is 0 Å². The lowest BCUT2D eigenvalue weighted by Gasteiger charge is -2.12. The number of nitrogen functional groups attached to an aromatic ring is 1. The van der Waals surface area contributed by atoms with Crippen LogP contribution in [-0.4, -0.2) is 11.1 Å². The number of nitrogens with one attached hydrogen (secondary N) is 1. The van der Waals surface area contributed by atoms with Crippen molar-refractivity contribution in [3.05, 3.63) is 51.2 Å². The smallest absolute Gasteiger partial charge is 0.338 e. The number of carbonyl (C=O) groups is 1. The van der Waals surface area contributed by atoms with Gasteiger partial charge in [-0.05, 0) is 40.2 Å². The van der Waals surface area contributed by atoms with E-state index in [0.29, 0.717) is 15.2 Å². The predicted octanol–water partition coefficient (Wildman–Crippen LogP) is 4.27. The highest BCUT2D eigenvalue weighted by Crippen LogP contribution is 2.32. The number of nitrogens with two attached hydrogens (primary N) is 1. The summed E-state index contributed by atoms with van der Waals surface area (Å²) in [6, 6.07) is 7.15. The normalized spacial score (nSPS) is 10.3. The molecule has 0 radical (unpaired) electrons. The number of anilines is 3. The third kappa shape index (κ3) is 3.02. The van der Waals surface area contributed by atoms with Gasteiger partial charge in [0.25, 0.3) is 0 Å². The summed E-state index contributed by atoms with van der Waals surface area (Å²) in [5.74, 6) is -2.24. The fourth-order valence-corrected chi connectivity index (χ4v) is 2.12. The van der Waals surface area contributed by atoms with Crippen LogP contribution in [0, 0.1) is 5.82 Å². The van der Waals surface area contributed by atoms with Gasteiger partial charge in [0, 0.05) is 15.6 Å². The molecule has 20 heavy (non-hydrogen) atoms. The third-order valence-electron chi connectivity index (χ3n) is 2.57. The van der Waals surface area contributed by atoms with Gasteiger partial charge in [-0.3, -0.25) is 0 Å². The van der Waals surface area contributed by atoms with Crippen LogP contribution in [0.25, 0.3) is 0 Å². The lowest BCUT2D eigenvalue weighted by Crippen LogP contribution is -2.05. The molecule has 0 saturated carbocycles. The van der Waals surface area contributed by atoms with Crippen molar-refractivity contribution < 1.29 is 14.3 Å².